The van der Waals surface area contributed by atoms with E-state index in [-0.39, 0.29) is 67.8 Å². The van der Waals surface area contributed by atoms with Gasteiger partial charge in [0, 0.05) is 51.2 Å². The van der Waals surface area contributed by atoms with E-state index >= 15 is 0 Å². The molecule has 1 aromatic carbocycles. The van der Waals surface area contributed by atoms with Gasteiger partial charge in [0.15, 0.2) is 11.5 Å². The maximum Gasteiger partial charge on any atom is 0.274 e. The molecule has 0 spiro atoms. The lowest BCUT2D eigenvalue weighted by Crippen LogP contribution is -2.57. The molecule has 50 heavy (non-hydrogen) atoms. The van der Waals surface area contributed by atoms with Crippen molar-refractivity contribution in [1.29, 1.82) is 0 Å². The van der Waals surface area contributed by atoms with Crippen molar-refractivity contribution in [2.24, 2.45) is 11.8 Å². The standard InChI is InChI=1S/C35H49N7O8/c1-5-49-21-30(43)41-14-11-25(12-15-41)35(48)42-16-13-36-32(45)28(18-24-9-7-6-8-10-24)39-33(46)27(17-22(2)3)38-31(44)23(4)37-34(47)29-19-26(20-42)50-40-29/h6-10,19,22-23,25,27-28H,5,11-18,20-21H2,1-4H3,(H,36,45)(H,37,47)(H,38,44)(H,39,46)/t23-,27-,28-/m1/s1. The highest BCUT2D eigenvalue weighted by Crippen LogP contribution is 2.21. The molecule has 0 radical (unpaired) electrons. The topological polar surface area (TPSA) is 192 Å². The lowest BCUT2D eigenvalue weighted by molar-refractivity contribution is -0.143. The first-order valence-corrected chi connectivity index (χ1v) is 17.3. The number of rotatable bonds is 8. The number of amides is 6. The summed E-state index contributed by atoms with van der Waals surface area (Å²) in [5.74, 6) is -2.67. The molecule has 272 valence electrons. The summed E-state index contributed by atoms with van der Waals surface area (Å²) in [6.45, 7) is 8.49. The molecule has 15 nitrogen and oxygen atoms in total. The minimum atomic E-state index is -1.03. The summed E-state index contributed by atoms with van der Waals surface area (Å²) >= 11 is 0. The number of carbonyl (C=O) groups is 6. The van der Waals surface area contributed by atoms with Gasteiger partial charge in [-0.1, -0.05) is 49.3 Å². The Morgan fingerprint density at radius 1 is 0.940 bits per heavy atom. The van der Waals surface area contributed by atoms with E-state index in [1.165, 1.54) is 17.9 Å². The normalized spacial score (nSPS) is 21.8. The number of hydrogen-bond donors (Lipinski definition) is 4. The average molecular weight is 696 g/mol. The Labute approximate surface area is 292 Å². The molecule has 4 N–H and O–H groups in total. The SMILES string of the molecule is CCOCC(=O)N1CCC(C(=O)N2CCNC(=O)[C@@H](Cc3ccccc3)NC(=O)[C@@H](CC(C)C)NC(=O)[C@@H](C)NC(=O)c3cc(on3)C2)CC1. The van der Waals surface area contributed by atoms with Crippen LogP contribution < -0.4 is 21.3 Å². The smallest absolute Gasteiger partial charge is 0.274 e. The van der Waals surface area contributed by atoms with Crippen LogP contribution in [0.3, 0.4) is 0 Å². The van der Waals surface area contributed by atoms with Gasteiger partial charge in [-0.2, -0.15) is 0 Å². The number of benzene rings is 1. The lowest BCUT2D eigenvalue weighted by Gasteiger charge is -2.34. The van der Waals surface area contributed by atoms with Crippen molar-refractivity contribution in [3.8, 4) is 0 Å². The molecule has 2 aliphatic heterocycles. The fourth-order valence-corrected chi connectivity index (χ4v) is 5.97. The molecule has 1 saturated heterocycles. The van der Waals surface area contributed by atoms with Crippen LogP contribution in [0.1, 0.15) is 68.8 Å². The van der Waals surface area contributed by atoms with Crippen LogP contribution in [-0.4, -0.2) is 108 Å². The highest BCUT2D eigenvalue weighted by atomic mass is 16.5. The molecular formula is C35H49N7O8. The van der Waals surface area contributed by atoms with Gasteiger partial charge in [-0.3, -0.25) is 28.8 Å². The monoisotopic (exact) mass is 695 g/mol. The van der Waals surface area contributed by atoms with Crippen LogP contribution in [-0.2, 0) is 41.7 Å². The highest BCUT2D eigenvalue weighted by Gasteiger charge is 2.33. The van der Waals surface area contributed by atoms with Crippen LogP contribution >= 0.6 is 0 Å². The number of hydrogen-bond acceptors (Lipinski definition) is 9. The van der Waals surface area contributed by atoms with Crippen LogP contribution in [0.15, 0.2) is 40.9 Å². The van der Waals surface area contributed by atoms with Gasteiger partial charge < -0.3 is 40.3 Å². The molecule has 4 rings (SSSR count). The fourth-order valence-electron chi connectivity index (χ4n) is 5.97. The average Bonchev–Trinajstić information content (AvgIpc) is 3.58. The van der Waals surface area contributed by atoms with E-state index in [1.54, 1.807) is 4.90 Å². The number of likely N-dealkylation sites (tertiary alicyclic amines) is 1. The number of carbonyl (C=O) groups excluding carboxylic acids is 6. The van der Waals surface area contributed by atoms with Gasteiger partial charge in [-0.15, -0.1) is 0 Å². The van der Waals surface area contributed by atoms with E-state index in [2.05, 4.69) is 26.4 Å². The predicted molar refractivity (Wildman–Crippen MR) is 181 cm³/mol. The number of nitrogens with zero attached hydrogens (tertiary/aromatic N) is 3. The molecule has 1 aromatic heterocycles. The zero-order chi connectivity index (χ0) is 36.2. The van der Waals surface area contributed by atoms with Crippen molar-refractivity contribution < 1.29 is 38.0 Å². The third-order valence-corrected chi connectivity index (χ3v) is 8.75. The Morgan fingerprint density at radius 2 is 1.64 bits per heavy atom. The first kappa shape index (κ1) is 38.0. The zero-order valence-electron chi connectivity index (χ0n) is 29.2. The minimum absolute atomic E-state index is 0.00407. The summed E-state index contributed by atoms with van der Waals surface area (Å²) < 4.78 is 10.7. The van der Waals surface area contributed by atoms with Crippen LogP contribution in [0.4, 0.5) is 0 Å². The summed E-state index contributed by atoms with van der Waals surface area (Å²) in [5, 5.41) is 14.9. The van der Waals surface area contributed by atoms with Crippen molar-refractivity contribution in [2.75, 3.05) is 39.4 Å². The molecule has 0 unspecified atom stereocenters. The number of nitrogens with one attached hydrogen (secondary N) is 4. The summed E-state index contributed by atoms with van der Waals surface area (Å²) in [6, 6.07) is 7.66. The molecule has 2 aromatic rings. The largest absolute Gasteiger partial charge is 0.372 e. The van der Waals surface area contributed by atoms with E-state index in [1.807, 2.05) is 51.1 Å². The highest BCUT2D eigenvalue weighted by molar-refractivity contribution is 5.97. The first-order chi connectivity index (χ1) is 23.9. The van der Waals surface area contributed by atoms with Crippen LogP contribution in [0.2, 0.25) is 0 Å². The van der Waals surface area contributed by atoms with E-state index in [0.717, 1.165) is 5.56 Å². The maximum atomic E-state index is 13.9. The summed E-state index contributed by atoms with van der Waals surface area (Å²) in [5.41, 5.74) is 0.739. The quantitative estimate of drug-likeness (QED) is 0.309. The van der Waals surface area contributed by atoms with Crippen molar-refractivity contribution in [2.45, 2.75) is 78.0 Å². The second-order valence-corrected chi connectivity index (χ2v) is 13.2. The molecule has 2 bridgehead atoms. The second-order valence-electron chi connectivity index (χ2n) is 13.2. The Kier molecular flexibility index (Phi) is 13.9. The molecule has 2 aliphatic rings. The van der Waals surface area contributed by atoms with Gasteiger partial charge in [0.2, 0.25) is 29.5 Å². The Bertz CT molecular complexity index is 1490. The van der Waals surface area contributed by atoms with Crippen LogP contribution in [0.25, 0.3) is 0 Å². The van der Waals surface area contributed by atoms with Gasteiger partial charge in [-0.25, -0.2) is 0 Å². The van der Waals surface area contributed by atoms with Gasteiger partial charge in [0.05, 0.1) is 6.54 Å². The summed E-state index contributed by atoms with van der Waals surface area (Å²) in [4.78, 5) is 83.0. The predicted octanol–water partition coefficient (Wildman–Crippen LogP) is 0.785. The third kappa shape index (κ3) is 10.9. The van der Waals surface area contributed by atoms with Crippen LogP contribution in [0, 0.1) is 11.8 Å². The molecule has 1 fully saturated rings. The Hall–Kier alpha value is -4.79. The van der Waals surface area contributed by atoms with Crippen molar-refractivity contribution in [3.05, 3.63) is 53.4 Å². The molecule has 3 heterocycles. The van der Waals surface area contributed by atoms with E-state index in [0.29, 0.717) is 39.0 Å². The van der Waals surface area contributed by atoms with Crippen LogP contribution in [0.5, 0.6) is 0 Å². The second kappa shape index (κ2) is 18.3. The van der Waals surface area contributed by atoms with E-state index in [9.17, 15) is 28.8 Å². The number of fused-ring (bicyclic) bond motifs is 2. The zero-order valence-corrected chi connectivity index (χ0v) is 29.2. The number of aromatic nitrogens is 1. The lowest BCUT2D eigenvalue weighted by atomic mass is 9.95. The number of piperidine rings is 1. The first-order valence-electron chi connectivity index (χ1n) is 17.3. The molecule has 3 atom stereocenters. The van der Waals surface area contributed by atoms with Gasteiger partial charge in [-0.05, 0) is 44.6 Å². The fraction of sp³-hybridized carbons (Fsp3) is 0.571. The van der Waals surface area contributed by atoms with Gasteiger partial charge >= 0.3 is 0 Å². The third-order valence-electron chi connectivity index (χ3n) is 8.75. The molecule has 0 saturated carbocycles. The van der Waals surface area contributed by atoms with E-state index < -0.39 is 41.8 Å². The molecular weight excluding hydrogens is 646 g/mol. The molecule has 15 heteroatoms. The molecule has 0 aliphatic carbocycles. The summed E-state index contributed by atoms with van der Waals surface area (Å²) in [6.07, 6.45) is 1.39. The van der Waals surface area contributed by atoms with Gasteiger partial charge in [0.1, 0.15) is 24.7 Å². The van der Waals surface area contributed by atoms with Gasteiger partial charge in [0.25, 0.3) is 5.91 Å². The Balaban J connectivity index is 1.57. The molecule has 6 amide bonds. The van der Waals surface area contributed by atoms with Crippen molar-refractivity contribution >= 4 is 35.4 Å². The van der Waals surface area contributed by atoms with Crippen molar-refractivity contribution in [3.63, 3.8) is 0 Å². The maximum absolute atomic E-state index is 13.9. The van der Waals surface area contributed by atoms with E-state index in [4.69, 9.17) is 9.26 Å². The van der Waals surface area contributed by atoms with Crippen molar-refractivity contribution in [1.82, 2.24) is 36.2 Å². The summed E-state index contributed by atoms with van der Waals surface area (Å²) in [7, 11) is 0. The minimum Gasteiger partial charge on any atom is -0.372 e. The number of ether oxygens (including phenoxy) is 1. The Morgan fingerprint density at radius 3 is 2.32 bits per heavy atom.